The molecule has 0 heterocycles. The summed E-state index contributed by atoms with van der Waals surface area (Å²) in [6, 6.07) is 0. The highest BCUT2D eigenvalue weighted by molar-refractivity contribution is 5.39. The predicted molar refractivity (Wildman–Crippen MR) is 68.0 cm³/mol. The van der Waals surface area contributed by atoms with E-state index in [0.717, 1.165) is 6.42 Å². The molecule has 0 amide bonds. The number of hydrogen-bond acceptors (Lipinski definition) is 1. The molecule has 0 aromatic rings. The van der Waals surface area contributed by atoms with Crippen molar-refractivity contribution in [2.75, 3.05) is 7.11 Å². The van der Waals surface area contributed by atoms with Crippen molar-refractivity contribution in [1.82, 2.24) is 0 Å². The van der Waals surface area contributed by atoms with Crippen LogP contribution in [0, 0.1) is 5.92 Å². The summed E-state index contributed by atoms with van der Waals surface area (Å²) in [6.45, 7) is 12.1. The van der Waals surface area contributed by atoms with E-state index in [0.29, 0.717) is 12.0 Å². The molecule has 0 aromatic carbocycles. The van der Waals surface area contributed by atoms with Crippen LogP contribution in [0.2, 0.25) is 0 Å². The predicted octanol–water partition coefficient (Wildman–Crippen LogP) is 4.13. The van der Waals surface area contributed by atoms with E-state index in [1.54, 1.807) is 7.11 Å². The fourth-order valence-corrected chi connectivity index (χ4v) is 1.93. The van der Waals surface area contributed by atoms with Crippen LogP contribution in [0.25, 0.3) is 0 Å². The molecule has 1 rings (SSSR count). The second-order valence-corrected chi connectivity index (χ2v) is 3.45. The third-order valence-corrected chi connectivity index (χ3v) is 2.74. The number of methoxy groups -OCH3 is 1. The van der Waals surface area contributed by atoms with Crippen LogP contribution in [0.1, 0.15) is 34.1 Å². The maximum absolute atomic E-state index is 5.41. The van der Waals surface area contributed by atoms with Crippen LogP contribution in [0.15, 0.2) is 36.0 Å². The third-order valence-electron chi connectivity index (χ3n) is 2.74. The van der Waals surface area contributed by atoms with Gasteiger partial charge < -0.3 is 4.74 Å². The van der Waals surface area contributed by atoms with Crippen molar-refractivity contribution in [3.63, 3.8) is 0 Å². The maximum Gasteiger partial charge on any atom is 0.0677 e. The zero-order chi connectivity index (χ0) is 11.8. The monoisotopic (exact) mass is 208 g/mol. The van der Waals surface area contributed by atoms with Crippen LogP contribution in [0.4, 0.5) is 0 Å². The summed E-state index contributed by atoms with van der Waals surface area (Å²) < 4.78 is 5.41. The molecule has 0 aliphatic heterocycles. The zero-order valence-corrected chi connectivity index (χ0v) is 10.7. The quantitative estimate of drug-likeness (QED) is 0.677. The first kappa shape index (κ1) is 14.2. The molecular formula is C14H24O. The van der Waals surface area contributed by atoms with E-state index in [2.05, 4.69) is 25.7 Å². The lowest BCUT2D eigenvalue weighted by molar-refractivity contribution is 0.0822. The first-order chi connectivity index (χ1) is 7.24. The minimum atomic E-state index is 0.333. The van der Waals surface area contributed by atoms with Crippen LogP contribution in [-0.4, -0.2) is 13.2 Å². The number of hydrogen-bond donors (Lipinski definition) is 0. The van der Waals surface area contributed by atoms with Gasteiger partial charge in [-0.3, -0.25) is 0 Å². The van der Waals surface area contributed by atoms with E-state index in [4.69, 9.17) is 4.74 Å². The summed E-state index contributed by atoms with van der Waals surface area (Å²) >= 11 is 0. The molecule has 0 spiro atoms. The van der Waals surface area contributed by atoms with Gasteiger partial charge in [0.2, 0.25) is 0 Å². The lowest BCUT2D eigenvalue weighted by Gasteiger charge is -2.14. The maximum atomic E-state index is 5.41. The third kappa shape index (κ3) is 3.35. The Balaban J connectivity index is 0.000000921. The van der Waals surface area contributed by atoms with E-state index >= 15 is 0 Å². The van der Waals surface area contributed by atoms with Crippen LogP contribution in [0.3, 0.4) is 0 Å². The zero-order valence-electron chi connectivity index (χ0n) is 10.7. The largest absolute Gasteiger partial charge is 0.380 e. The highest BCUT2D eigenvalue weighted by Crippen LogP contribution is 2.34. The van der Waals surface area contributed by atoms with Gasteiger partial charge in [-0.2, -0.15) is 0 Å². The Bertz CT molecular complexity index is 248. The lowest BCUT2D eigenvalue weighted by atomic mass is 10.0. The van der Waals surface area contributed by atoms with E-state index < -0.39 is 0 Å². The molecular weight excluding hydrogens is 184 g/mol. The molecule has 1 aliphatic rings. The molecule has 15 heavy (non-hydrogen) atoms. The molecule has 0 radical (unpaired) electrons. The highest BCUT2D eigenvalue weighted by atomic mass is 16.5. The van der Waals surface area contributed by atoms with E-state index in [1.165, 1.54) is 11.1 Å². The van der Waals surface area contributed by atoms with Crippen molar-refractivity contribution in [2.24, 2.45) is 5.92 Å². The summed E-state index contributed by atoms with van der Waals surface area (Å²) in [5.41, 5.74) is 2.71. The average Bonchev–Trinajstić information content (AvgIpc) is 2.59. The second kappa shape index (κ2) is 7.47. The lowest BCUT2D eigenvalue weighted by Crippen LogP contribution is -2.15. The average molecular weight is 208 g/mol. The summed E-state index contributed by atoms with van der Waals surface area (Å²) in [5, 5.41) is 0. The molecule has 0 aromatic heterocycles. The number of allylic oxidation sites excluding steroid dienone is 3. The van der Waals surface area contributed by atoms with Crippen molar-refractivity contribution >= 4 is 0 Å². The Morgan fingerprint density at radius 2 is 2.00 bits per heavy atom. The van der Waals surface area contributed by atoms with E-state index in [9.17, 15) is 0 Å². The van der Waals surface area contributed by atoms with Gasteiger partial charge in [0.15, 0.2) is 0 Å². The molecule has 0 bridgehead atoms. The van der Waals surface area contributed by atoms with Crippen LogP contribution < -0.4 is 0 Å². The van der Waals surface area contributed by atoms with Crippen molar-refractivity contribution in [2.45, 2.75) is 40.2 Å². The molecule has 0 saturated heterocycles. The molecule has 1 nitrogen and oxygen atoms in total. The molecule has 1 aliphatic carbocycles. The molecule has 0 N–H and O–H groups in total. The van der Waals surface area contributed by atoms with Gasteiger partial charge in [-0.1, -0.05) is 45.6 Å². The minimum absolute atomic E-state index is 0.333. The Morgan fingerprint density at radius 1 is 1.40 bits per heavy atom. The summed E-state index contributed by atoms with van der Waals surface area (Å²) in [4.78, 5) is 0. The van der Waals surface area contributed by atoms with Gasteiger partial charge in [-0.15, -0.1) is 0 Å². The van der Waals surface area contributed by atoms with Crippen LogP contribution >= 0.6 is 0 Å². The molecule has 2 unspecified atom stereocenters. The Labute approximate surface area is 94.5 Å². The molecule has 2 atom stereocenters. The van der Waals surface area contributed by atoms with Crippen molar-refractivity contribution in [1.29, 1.82) is 0 Å². The fourth-order valence-electron chi connectivity index (χ4n) is 1.93. The SMILES string of the molecule is C=CC1=C(/C=C\C)C(C)C(OC)C1.CC. The van der Waals surface area contributed by atoms with Crippen molar-refractivity contribution in [3.05, 3.63) is 36.0 Å². The summed E-state index contributed by atoms with van der Waals surface area (Å²) in [5.74, 6) is 0.495. The van der Waals surface area contributed by atoms with Gasteiger partial charge >= 0.3 is 0 Å². The van der Waals surface area contributed by atoms with Gasteiger partial charge in [0.25, 0.3) is 0 Å². The molecule has 1 heteroatoms. The highest BCUT2D eigenvalue weighted by Gasteiger charge is 2.28. The van der Waals surface area contributed by atoms with Gasteiger partial charge in [-0.25, -0.2) is 0 Å². The summed E-state index contributed by atoms with van der Waals surface area (Å²) in [6.07, 6.45) is 7.53. The van der Waals surface area contributed by atoms with Gasteiger partial charge in [0.1, 0.15) is 0 Å². The Morgan fingerprint density at radius 3 is 2.40 bits per heavy atom. The Kier molecular flexibility index (Phi) is 7.06. The second-order valence-electron chi connectivity index (χ2n) is 3.45. The number of ether oxygens (including phenoxy) is 1. The van der Waals surface area contributed by atoms with Crippen LogP contribution in [-0.2, 0) is 4.74 Å². The molecule has 0 saturated carbocycles. The van der Waals surface area contributed by atoms with Crippen LogP contribution in [0.5, 0.6) is 0 Å². The first-order valence-electron chi connectivity index (χ1n) is 5.75. The normalized spacial score (nSPS) is 25.4. The topological polar surface area (TPSA) is 9.23 Å². The first-order valence-corrected chi connectivity index (χ1v) is 5.75. The summed E-state index contributed by atoms with van der Waals surface area (Å²) in [7, 11) is 1.78. The smallest absolute Gasteiger partial charge is 0.0677 e. The van der Waals surface area contributed by atoms with Gasteiger partial charge in [0, 0.05) is 13.0 Å². The van der Waals surface area contributed by atoms with Crippen molar-refractivity contribution in [3.8, 4) is 0 Å². The minimum Gasteiger partial charge on any atom is -0.380 e. The standard InChI is InChI=1S/C12H18O.C2H6/c1-5-7-11-9(3)12(13-4)8-10(11)6-2;1-2/h5-7,9,12H,2,8H2,1,3-4H3;1-2H3/b7-5-;. The van der Waals surface area contributed by atoms with Gasteiger partial charge in [-0.05, 0) is 24.5 Å². The van der Waals surface area contributed by atoms with Crippen molar-refractivity contribution < 1.29 is 4.74 Å². The van der Waals surface area contributed by atoms with Gasteiger partial charge in [0.05, 0.1) is 6.10 Å². The van der Waals surface area contributed by atoms with E-state index in [-0.39, 0.29) is 0 Å². The van der Waals surface area contributed by atoms with E-state index in [1.807, 2.05) is 26.8 Å². The number of rotatable bonds is 3. The molecule has 0 fully saturated rings. The fraction of sp³-hybridized carbons (Fsp3) is 0.571. The molecule has 86 valence electrons. The Hall–Kier alpha value is -0.820.